The maximum absolute atomic E-state index is 10.4. The van der Waals surface area contributed by atoms with Gasteiger partial charge in [-0.15, -0.1) is 0 Å². The molecule has 0 aromatic carbocycles. The Hall–Kier alpha value is -0.750. The van der Waals surface area contributed by atoms with Crippen LogP contribution in [0.5, 0.6) is 0 Å². The molecular weight excluding hydrogens is 214 g/mol. The highest BCUT2D eigenvalue weighted by atomic mass is 32.2. The van der Waals surface area contributed by atoms with E-state index < -0.39 is 12.0 Å². The van der Waals surface area contributed by atoms with E-state index in [9.17, 15) is 4.79 Å². The lowest BCUT2D eigenvalue weighted by Crippen LogP contribution is -2.30. The molecule has 0 radical (unpaired) electrons. The zero-order valence-electron chi connectivity index (χ0n) is 9.19. The molecule has 0 aliphatic heterocycles. The van der Waals surface area contributed by atoms with E-state index in [2.05, 4.69) is 0 Å². The highest BCUT2D eigenvalue weighted by molar-refractivity contribution is 7.96. The van der Waals surface area contributed by atoms with Crippen LogP contribution < -0.4 is 5.73 Å². The van der Waals surface area contributed by atoms with Crippen molar-refractivity contribution in [1.29, 1.82) is 5.41 Å². The fourth-order valence-corrected chi connectivity index (χ4v) is 1.72. The van der Waals surface area contributed by atoms with Gasteiger partial charge in [-0.1, -0.05) is 11.9 Å². The average molecular weight is 233 g/mol. The molecule has 0 fully saturated rings. The predicted molar refractivity (Wildman–Crippen MR) is 63.1 cm³/mol. The van der Waals surface area contributed by atoms with Crippen LogP contribution in [0.3, 0.4) is 0 Å². The second-order valence-electron chi connectivity index (χ2n) is 3.31. The number of carbonyl (C=O) groups is 1. The molecule has 15 heavy (non-hydrogen) atoms. The van der Waals surface area contributed by atoms with Gasteiger partial charge in [0.2, 0.25) is 0 Å². The Kier molecular flexibility index (Phi) is 7.15. The molecule has 0 rings (SSSR count). The predicted octanol–water partition coefficient (Wildman–Crippen LogP) is 1.15. The summed E-state index contributed by atoms with van der Waals surface area (Å²) in [5.41, 5.74) is 5.37. The van der Waals surface area contributed by atoms with Crippen LogP contribution in [-0.4, -0.2) is 40.1 Å². The molecule has 5 nitrogen and oxygen atoms in total. The van der Waals surface area contributed by atoms with Gasteiger partial charge in [-0.05, 0) is 26.2 Å². The van der Waals surface area contributed by atoms with Crippen LogP contribution in [0.4, 0.5) is 0 Å². The van der Waals surface area contributed by atoms with E-state index in [1.165, 1.54) is 11.9 Å². The van der Waals surface area contributed by atoms with Crippen LogP contribution in [0.25, 0.3) is 0 Å². The fourth-order valence-electron chi connectivity index (χ4n) is 1.14. The van der Waals surface area contributed by atoms with Crippen molar-refractivity contribution in [2.45, 2.75) is 32.2 Å². The molecule has 0 amide bonds. The monoisotopic (exact) mass is 233 g/mol. The van der Waals surface area contributed by atoms with Crippen molar-refractivity contribution >= 4 is 23.8 Å². The Bertz CT molecular complexity index is 223. The Morgan fingerprint density at radius 1 is 1.60 bits per heavy atom. The number of carboxylic acids is 1. The number of nitrogens with one attached hydrogen (secondary N) is 1. The van der Waals surface area contributed by atoms with E-state index in [-0.39, 0.29) is 0 Å². The third-order valence-corrected chi connectivity index (χ3v) is 2.94. The molecular formula is C9H19N3O2S. The summed E-state index contributed by atoms with van der Waals surface area (Å²) < 4.78 is 1.87. The maximum atomic E-state index is 10.4. The molecule has 0 aliphatic carbocycles. The summed E-state index contributed by atoms with van der Waals surface area (Å²) >= 11 is 1.50. The number of hydrogen-bond donors (Lipinski definition) is 3. The summed E-state index contributed by atoms with van der Waals surface area (Å²) in [6.45, 7) is 2.50. The normalized spacial score (nSPS) is 12.2. The third kappa shape index (κ3) is 6.35. The number of hydrogen-bond acceptors (Lipinski definition) is 4. The van der Waals surface area contributed by atoms with Gasteiger partial charge in [0, 0.05) is 12.8 Å². The number of unbranched alkanes of at least 4 members (excludes halogenated alkanes) is 1. The van der Waals surface area contributed by atoms with E-state index in [0.717, 1.165) is 19.4 Å². The minimum atomic E-state index is -0.944. The average Bonchev–Trinajstić information content (AvgIpc) is 2.16. The van der Waals surface area contributed by atoms with Crippen molar-refractivity contribution in [3.05, 3.63) is 0 Å². The SMILES string of the molecule is CSN(CCCCC(N)C(=O)O)C(C)=N. The summed E-state index contributed by atoms with van der Waals surface area (Å²) in [7, 11) is 0. The fraction of sp³-hybridized carbons (Fsp3) is 0.778. The van der Waals surface area contributed by atoms with Crippen molar-refractivity contribution in [3.8, 4) is 0 Å². The van der Waals surface area contributed by atoms with E-state index in [4.69, 9.17) is 16.2 Å². The molecule has 1 unspecified atom stereocenters. The number of carboxylic acid groups (broad SMARTS) is 1. The lowest BCUT2D eigenvalue weighted by molar-refractivity contribution is -0.138. The Morgan fingerprint density at radius 3 is 2.60 bits per heavy atom. The van der Waals surface area contributed by atoms with E-state index in [1.807, 2.05) is 10.6 Å². The largest absolute Gasteiger partial charge is 0.480 e. The van der Waals surface area contributed by atoms with E-state index in [1.54, 1.807) is 6.92 Å². The van der Waals surface area contributed by atoms with Crippen LogP contribution in [-0.2, 0) is 4.79 Å². The molecule has 88 valence electrons. The van der Waals surface area contributed by atoms with E-state index in [0.29, 0.717) is 12.3 Å². The van der Waals surface area contributed by atoms with Crippen LogP contribution in [0.15, 0.2) is 0 Å². The maximum Gasteiger partial charge on any atom is 0.320 e. The van der Waals surface area contributed by atoms with Gasteiger partial charge in [-0.2, -0.15) is 0 Å². The summed E-state index contributed by atoms with van der Waals surface area (Å²) in [5, 5.41) is 16.0. The zero-order valence-corrected chi connectivity index (χ0v) is 10.0. The second kappa shape index (κ2) is 7.53. The number of nitrogens with zero attached hydrogens (tertiary/aromatic N) is 1. The number of aliphatic carboxylic acids is 1. The minimum Gasteiger partial charge on any atom is -0.480 e. The zero-order chi connectivity index (χ0) is 11.8. The Balaban J connectivity index is 3.61. The molecule has 0 saturated heterocycles. The number of amidine groups is 1. The van der Waals surface area contributed by atoms with Crippen molar-refractivity contribution in [2.75, 3.05) is 12.8 Å². The molecule has 0 heterocycles. The molecule has 0 spiro atoms. The molecule has 0 aromatic rings. The number of nitrogens with two attached hydrogens (primary N) is 1. The van der Waals surface area contributed by atoms with Crippen molar-refractivity contribution < 1.29 is 9.90 Å². The van der Waals surface area contributed by atoms with Gasteiger partial charge in [0.05, 0.1) is 0 Å². The second-order valence-corrected chi connectivity index (χ2v) is 4.12. The summed E-state index contributed by atoms with van der Waals surface area (Å²) in [4.78, 5) is 10.4. The van der Waals surface area contributed by atoms with Crippen LogP contribution >= 0.6 is 11.9 Å². The first-order chi connectivity index (χ1) is 6.99. The van der Waals surface area contributed by atoms with Crippen molar-refractivity contribution in [1.82, 2.24) is 4.31 Å². The lowest BCUT2D eigenvalue weighted by atomic mass is 10.1. The van der Waals surface area contributed by atoms with Gasteiger partial charge >= 0.3 is 5.97 Å². The van der Waals surface area contributed by atoms with Crippen molar-refractivity contribution in [3.63, 3.8) is 0 Å². The molecule has 0 aromatic heterocycles. The highest BCUT2D eigenvalue weighted by Crippen LogP contribution is 2.09. The van der Waals surface area contributed by atoms with Gasteiger partial charge in [0.25, 0.3) is 0 Å². The highest BCUT2D eigenvalue weighted by Gasteiger charge is 2.10. The molecule has 0 saturated carbocycles. The van der Waals surface area contributed by atoms with Gasteiger partial charge in [0.1, 0.15) is 11.9 Å². The Morgan fingerprint density at radius 2 is 2.20 bits per heavy atom. The first-order valence-electron chi connectivity index (χ1n) is 4.84. The topological polar surface area (TPSA) is 90.4 Å². The van der Waals surface area contributed by atoms with Crippen LogP contribution in [0.1, 0.15) is 26.2 Å². The quantitative estimate of drug-likeness (QED) is 0.265. The first-order valence-corrected chi connectivity index (χ1v) is 6.02. The van der Waals surface area contributed by atoms with Gasteiger partial charge in [-0.3, -0.25) is 10.2 Å². The van der Waals surface area contributed by atoms with Crippen LogP contribution in [0.2, 0.25) is 0 Å². The summed E-state index contributed by atoms with van der Waals surface area (Å²) in [6.07, 6.45) is 4.05. The summed E-state index contributed by atoms with van der Waals surface area (Å²) in [5.74, 6) is -0.426. The number of rotatable bonds is 7. The molecule has 0 bridgehead atoms. The van der Waals surface area contributed by atoms with Crippen LogP contribution in [0, 0.1) is 5.41 Å². The van der Waals surface area contributed by atoms with E-state index >= 15 is 0 Å². The standard InChI is InChI=1S/C9H19N3O2S/c1-7(10)12(15-2)6-4-3-5-8(11)9(13)14/h8,10H,3-6,11H2,1-2H3,(H,13,14). The molecule has 4 N–H and O–H groups in total. The Labute approximate surface area is 94.7 Å². The van der Waals surface area contributed by atoms with Gasteiger partial charge < -0.3 is 15.1 Å². The molecule has 0 aliphatic rings. The van der Waals surface area contributed by atoms with Crippen molar-refractivity contribution in [2.24, 2.45) is 5.73 Å². The molecule has 1 atom stereocenters. The smallest absolute Gasteiger partial charge is 0.320 e. The summed E-state index contributed by atoms with van der Waals surface area (Å²) in [6, 6.07) is -0.756. The first kappa shape index (κ1) is 14.2. The lowest BCUT2D eigenvalue weighted by Gasteiger charge is -2.19. The van der Waals surface area contributed by atoms with Gasteiger partial charge in [0.15, 0.2) is 0 Å². The third-order valence-electron chi connectivity index (χ3n) is 2.04. The molecule has 6 heteroatoms. The van der Waals surface area contributed by atoms with Gasteiger partial charge in [-0.25, -0.2) is 0 Å². The minimum absolute atomic E-state index is 0.495.